The van der Waals surface area contributed by atoms with Crippen molar-refractivity contribution in [2.45, 2.75) is 25.9 Å². The first-order chi connectivity index (χ1) is 8.90. The molecule has 0 aliphatic carbocycles. The van der Waals surface area contributed by atoms with Gasteiger partial charge < -0.3 is 10.2 Å². The van der Waals surface area contributed by atoms with Gasteiger partial charge in [-0.2, -0.15) is 0 Å². The number of rotatable bonds is 7. The third-order valence-corrected chi connectivity index (χ3v) is 3.54. The average Bonchev–Trinajstić information content (AvgIpc) is 2.35. The minimum absolute atomic E-state index is 0.111. The van der Waals surface area contributed by atoms with Crippen LogP contribution in [0.2, 0.25) is 0 Å². The Balaban J connectivity index is 2.54. The van der Waals surface area contributed by atoms with Gasteiger partial charge in [0.15, 0.2) is 0 Å². The van der Waals surface area contributed by atoms with Gasteiger partial charge in [0.1, 0.15) is 0 Å². The number of hydrogen-bond donors (Lipinski definition) is 1. The smallest absolute Gasteiger partial charge is 0.283 e. The predicted octanol–water partition coefficient (Wildman–Crippen LogP) is 2.79. The van der Waals surface area contributed by atoms with E-state index in [0.29, 0.717) is 17.1 Å². The van der Waals surface area contributed by atoms with E-state index in [-0.39, 0.29) is 10.6 Å². The molecule has 0 bridgehead atoms. The molecule has 1 N–H and O–H groups in total. The number of benzene rings is 1. The molecule has 0 amide bonds. The van der Waals surface area contributed by atoms with Gasteiger partial charge in [0.2, 0.25) is 0 Å². The van der Waals surface area contributed by atoms with Crippen LogP contribution in [0.1, 0.15) is 18.9 Å². The molecule has 1 aromatic carbocycles. The van der Waals surface area contributed by atoms with Crippen molar-refractivity contribution in [3.8, 4) is 0 Å². The van der Waals surface area contributed by atoms with Gasteiger partial charge in [-0.3, -0.25) is 10.1 Å². The fourth-order valence-corrected chi connectivity index (χ4v) is 2.05. The van der Waals surface area contributed by atoms with Crippen LogP contribution in [0.15, 0.2) is 22.7 Å². The van der Waals surface area contributed by atoms with E-state index < -0.39 is 0 Å². The van der Waals surface area contributed by atoms with Crippen molar-refractivity contribution >= 4 is 21.6 Å². The summed E-state index contributed by atoms with van der Waals surface area (Å²) >= 11 is 3.18. The van der Waals surface area contributed by atoms with Crippen LogP contribution in [0, 0.1) is 10.1 Å². The van der Waals surface area contributed by atoms with Crippen molar-refractivity contribution in [1.82, 2.24) is 10.2 Å². The van der Waals surface area contributed by atoms with Crippen molar-refractivity contribution in [2.75, 3.05) is 20.6 Å². The minimum Gasteiger partial charge on any atom is -0.310 e. The molecule has 0 saturated heterocycles. The summed E-state index contributed by atoms with van der Waals surface area (Å²) in [6.07, 6.45) is 1.05. The molecule has 0 aliphatic heterocycles. The van der Waals surface area contributed by atoms with Gasteiger partial charge in [-0.1, -0.05) is 6.07 Å². The fraction of sp³-hybridized carbons (Fsp3) is 0.538. The molecule has 0 heterocycles. The second kappa shape index (κ2) is 7.57. The predicted molar refractivity (Wildman–Crippen MR) is 80.3 cm³/mol. The van der Waals surface area contributed by atoms with Crippen molar-refractivity contribution in [2.24, 2.45) is 0 Å². The Kier molecular flexibility index (Phi) is 6.41. The van der Waals surface area contributed by atoms with Crippen LogP contribution < -0.4 is 5.32 Å². The van der Waals surface area contributed by atoms with E-state index in [0.717, 1.165) is 18.5 Å². The first-order valence-corrected chi connectivity index (χ1v) is 7.00. The molecular weight excluding hydrogens is 310 g/mol. The number of nitrogens with zero attached hydrogens (tertiary/aromatic N) is 2. The van der Waals surface area contributed by atoms with E-state index in [1.807, 2.05) is 20.2 Å². The lowest BCUT2D eigenvalue weighted by atomic mass is 10.1. The van der Waals surface area contributed by atoms with Gasteiger partial charge in [-0.15, -0.1) is 0 Å². The standard InChI is InChI=1S/C13H20BrN3O2/c1-10(6-7-16(2)3)15-9-11-4-5-12(14)13(8-11)17(18)19/h4-5,8,10,15H,6-7,9H2,1-3H3. The van der Waals surface area contributed by atoms with Gasteiger partial charge in [-0.05, 0) is 61.5 Å². The average molecular weight is 330 g/mol. The molecule has 6 heteroatoms. The van der Waals surface area contributed by atoms with Crippen LogP contribution in [0.4, 0.5) is 5.69 Å². The van der Waals surface area contributed by atoms with Gasteiger partial charge in [-0.25, -0.2) is 0 Å². The van der Waals surface area contributed by atoms with Crippen LogP contribution in [-0.4, -0.2) is 36.5 Å². The molecule has 0 aromatic heterocycles. The molecule has 0 spiro atoms. The molecular formula is C13H20BrN3O2. The van der Waals surface area contributed by atoms with Crippen LogP contribution in [0.5, 0.6) is 0 Å². The number of nitrogens with one attached hydrogen (secondary N) is 1. The maximum atomic E-state index is 10.8. The third-order valence-electron chi connectivity index (χ3n) is 2.87. The Morgan fingerprint density at radius 3 is 2.74 bits per heavy atom. The first-order valence-electron chi connectivity index (χ1n) is 6.21. The van der Waals surface area contributed by atoms with E-state index in [2.05, 4.69) is 33.1 Å². The van der Waals surface area contributed by atoms with Crippen molar-refractivity contribution in [3.05, 3.63) is 38.3 Å². The molecule has 1 aromatic rings. The molecule has 5 nitrogen and oxygen atoms in total. The van der Waals surface area contributed by atoms with E-state index in [9.17, 15) is 10.1 Å². The SMILES string of the molecule is CC(CCN(C)C)NCc1ccc(Br)c([N+](=O)[O-])c1. The number of nitro benzene ring substituents is 1. The summed E-state index contributed by atoms with van der Waals surface area (Å²) in [5.74, 6) is 0. The number of hydrogen-bond acceptors (Lipinski definition) is 4. The van der Waals surface area contributed by atoms with Gasteiger partial charge >= 0.3 is 0 Å². The number of nitro groups is 1. The minimum atomic E-state index is -0.372. The second-order valence-electron chi connectivity index (χ2n) is 4.92. The Hall–Kier alpha value is -0.980. The van der Waals surface area contributed by atoms with Gasteiger partial charge in [0, 0.05) is 18.7 Å². The van der Waals surface area contributed by atoms with Crippen LogP contribution in [-0.2, 0) is 6.54 Å². The summed E-state index contributed by atoms with van der Waals surface area (Å²) in [7, 11) is 4.09. The van der Waals surface area contributed by atoms with Crippen LogP contribution >= 0.6 is 15.9 Å². The summed E-state index contributed by atoms with van der Waals surface area (Å²) in [6.45, 7) is 3.79. The Morgan fingerprint density at radius 1 is 1.47 bits per heavy atom. The summed E-state index contributed by atoms with van der Waals surface area (Å²) in [6, 6.07) is 5.60. The zero-order valence-electron chi connectivity index (χ0n) is 11.5. The highest BCUT2D eigenvalue weighted by Crippen LogP contribution is 2.25. The van der Waals surface area contributed by atoms with E-state index >= 15 is 0 Å². The molecule has 1 atom stereocenters. The van der Waals surface area contributed by atoms with E-state index in [4.69, 9.17) is 0 Å². The zero-order chi connectivity index (χ0) is 14.4. The van der Waals surface area contributed by atoms with E-state index in [1.165, 1.54) is 0 Å². The molecule has 1 rings (SSSR count). The van der Waals surface area contributed by atoms with E-state index in [1.54, 1.807) is 12.1 Å². The quantitative estimate of drug-likeness (QED) is 0.617. The zero-order valence-corrected chi connectivity index (χ0v) is 13.1. The topological polar surface area (TPSA) is 58.4 Å². The lowest BCUT2D eigenvalue weighted by Crippen LogP contribution is -2.29. The highest BCUT2D eigenvalue weighted by molar-refractivity contribution is 9.10. The fourth-order valence-electron chi connectivity index (χ4n) is 1.65. The number of halogens is 1. The highest BCUT2D eigenvalue weighted by Gasteiger charge is 2.12. The lowest BCUT2D eigenvalue weighted by molar-refractivity contribution is -0.385. The van der Waals surface area contributed by atoms with Crippen molar-refractivity contribution in [3.63, 3.8) is 0 Å². The Morgan fingerprint density at radius 2 is 2.16 bits per heavy atom. The monoisotopic (exact) mass is 329 g/mol. The summed E-state index contributed by atoms with van der Waals surface area (Å²) in [5, 5.41) is 14.2. The molecule has 0 radical (unpaired) electrons. The molecule has 0 aliphatic rings. The normalized spacial score (nSPS) is 12.7. The maximum Gasteiger partial charge on any atom is 0.283 e. The van der Waals surface area contributed by atoms with Crippen molar-refractivity contribution < 1.29 is 4.92 Å². The van der Waals surface area contributed by atoms with Gasteiger partial charge in [0.05, 0.1) is 9.40 Å². The molecule has 0 saturated carbocycles. The summed E-state index contributed by atoms with van der Waals surface area (Å²) in [4.78, 5) is 12.6. The van der Waals surface area contributed by atoms with Gasteiger partial charge in [0.25, 0.3) is 5.69 Å². The van der Waals surface area contributed by atoms with Crippen molar-refractivity contribution in [1.29, 1.82) is 0 Å². The summed E-state index contributed by atoms with van der Waals surface area (Å²) < 4.78 is 0.516. The van der Waals surface area contributed by atoms with Crippen LogP contribution in [0.3, 0.4) is 0 Å². The highest BCUT2D eigenvalue weighted by atomic mass is 79.9. The molecule has 106 valence electrons. The Bertz CT molecular complexity index is 438. The second-order valence-corrected chi connectivity index (χ2v) is 5.77. The lowest BCUT2D eigenvalue weighted by Gasteiger charge is -2.16. The summed E-state index contributed by atoms with van der Waals surface area (Å²) in [5.41, 5.74) is 1.03. The molecule has 1 unspecified atom stereocenters. The van der Waals surface area contributed by atoms with Crippen LogP contribution in [0.25, 0.3) is 0 Å². The largest absolute Gasteiger partial charge is 0.310 e. The Labute approximate surface area is 122 Å². The maximum absolute atomic E-state index is 10.8. The first kappa shape index (κ1) is 16.1. The molecule has 0 fully saturated rings. The molecule has 19 heavy (non-hydrogen) atoms. The third kappa shape index (κ3) is 5.67.